The Hall–Kier alpha value is -2.23. The van der Waals surface area contributed by atoms with Gasteiger partial charge in [0.05, 0.1) is 11.4 Å². The molecule has 2 amide bonds. The van der Waals surface area contributed by atoms with Crippen LogP contribution < -0.4 is 15.4 Å². The Balaban J connectivity index is 1.76. The summed E-state index contributed by atoms with van der Waals surface area (Å²) in [6, 6.07) is 13.7. The van der Waals surface area contributed by atoms with Gasteiger partial charge in [0.25, 0.3) is 0 Å². The number of benzene rings is 2. The summed E-state index contributed by atoms with van der Waals surface area (Å²) >= 11 is 3.31. The summed E-state index contributed by atoms with van der Waals surface area (Å²) < 4.78 is 28.0. The van der Waals surface area contributed by atoms with Crippen molar-refractivity contribution in [2.24, 2.45) is 0 Å². The topological polar surface area (TPSA) is 104 Å². The lowest BCUT2D eigenvalue weighted by Crippen LogP contribution is -2.35. The van der Waals surface area contributed by atoms with E-state index in [-0.39, 0.29) is 35.7 Å². The van der Waals surface area contributed by atoms with Crippen molar-refractivity contribution in [2.45, 2.75) is 37.5 Å². The zero-order valence-corrected chi connectivity index (χ0v) is 19.6. The number of anilines is 1. The predicted molar refractivity (Wildman–Crippen MR) is 121 cm³/mol. The minimum Gasteiger partial charge on any atom is -0.347 e. The maximum atomic E-state index is 12.4. The SMILES string of the molecule is CC(C)(C)c1ccc(S(=O)(=O)NCCC(=O)NCC(=O)Nc2ccc(Br)cc2)cc1. The van der Waals surface area contributed by atoms with Crippen LogP contribution in [-0.4, -0.2) is 33.3 Å². The Morgan fingerprint density at radius 3 is 2.10 bits per heavy atom. The Morgan fingerprint density at radius 1 is 0.933 bits per heavy atom. The molecule has 162 valence electrons. The molecule has 30 heavy (non-hydrogen) atoms. The molecule has 0 fully saturated rings. The van der Waals surface area contributed by atoms with Gasteiger partial charge in [0.2, 0.25) is 21.8 Å². The third kappa shape index (κ3) is 7.55. The number of rotatable bonds is 8. The molecule has 0 bridgehead atoms. The predicted octanol–water partition coefficient (Wildman–Crippen LogP) is 3.17. The Bertz CT molecular complexity index is 982. The van der Waals surface area contributed by atoms with Crippen molar-refractivity contribution in [3.05, 3.63) is 58.6 Å². The molecule has 0 aliphatic rings. The molecule has 0 heterocycles. The highest BCUT2D eigenvalue weighted by Gasteiger charge is 2.17. The molecule has 2 aromatic carbocycles. The van der Waals surface area contributed by atoms with E-state index in [1.807, 2.05) is 20.8 Å². The number of sulfonamides is 1. The van der Waals surface area contributed by atoms with Crippen LogP contribution in [0.4, 0.5) is 5.69 Å². The van der Waals surface area contributed by atoms with Crippen LogP contribution in [0.15, 0.2) is 57.9 Å². The van der Waals surface area contributed by atoms with Crippen molar-refractivity contribution in [1.29, 1.82) is 0 Å². The van der Waals surface area contributed by atoms with Gasteiger partial charge in [0.15, 0.2) is 0 Å². The fourth-order valence-corrected chi connectivity index (χ4v) is 3.82. The lowest BCUT2D eigenvalue weighted by molar-refractivity contribution is -0.124. The van der Waals surface area contributed by atoms with Crippen molar-refractivity contribution in [2.75, 3.05) is 18.4 Å². The van der Waals surface area contributed by atoms with Gasteiger partial charge in [-0.2, -0.15) is 0 Å². The molecule has 0 aromatic heterocycles. The lowest BCUT2D eigenvalue weighted by atomic mass is 9.87. The first-order valence-corrected chi connectivity index (χ1v) is 11.7. The Kier molecular flexibility index (Phi) is 8.17. The van der Waals surface area contributed by atoms with Crippen molar-refractivity contribution in [3.8, 4) is 0 Å². The number of nitrogens with one attached hydrogen (secondary N) is 3. The van der Waals surface area contributed by atoms with Gasteiger partial charge in [-0.05, 0) is 47.4 Å². The number of hydrogen-bond acceptors (Lipinski definition) is 4. The summed E-state index contributed by atoms with van der Waals surface area (Å²) in [4.78, 5) is 23.9. The Morgan fingerprint density at radius 2 is 1.53 bits per heavy atom. The average molecular weight is 496 g/mol. The van der Waals surface area contributed by atoms with Crippen LogP contribution in [0.1, 0.15) is 32.8 Å². The molecule has 0 atom stereocenters. The summed E-state index contributed by atoms with van der Waals surface area (Å²) in [6.07, 6.45) is -0.0785. The van der Waals surface area contributed by atoms with E-state index in [1.54, 1.807) is 48.5 Å². The summed E-state index contributed by atoms with van der Waals surface area (Å²) in [7, 11) is -3.71. The fourth-order valence-electron chi connectivity index (χ4n) is 2.52. The first kappa shape index (κ1) is 24.0. The third-order valence-corrected chi connectivity index (χ3v) is 6.25. The highest BCUT2D eigenvalue weighted by atomic mass is 79.9. The maximum Gasteiger partial charge on any atom is 0.243 e. The Labute approximate surface area is 185 Å². The number of amides is 2. The van der Waals surface area contributed by atoms with Crippen molar-refractivity contribution < 1.29 is 18.0 Å². The summed E-state index contributed by atoms with van der Waals surface area (Å²) in [5.74, 6) is -0.795. The summed E-state index contributed by atoms with van der Waals surface area (Å²) in [6.45, 7) is 5.88. The minimum absolute atomic E-state index is 0.0660. The standard InChI is InChI=1S/C21H26BrN3O4S/c1-21(2,3)15-4-10-18(11-5-15)30(28,29)24-13-12-19(26)23-14-20(27)25-17-8-6-16(22)7-9-17/h4-11,24H,12-14H2,1-3H3,(H,23,26)(H,25,27). The van der Waals surface area contributed by atoms with Gasteiger partial charge in [-0.15, -0.1) is 0 Å². The van der Waals surface area contributed by atoms with E-state index in [4.69, 9.17) is 0 Å². The van der Waals surface area contributed by atoms with Crippen molar-refractivity contribution in [1.82, 2.24) is 10.0 Å². The van der Waals surface area contributed by atoms with Gasteiger partial charge in [0.1, 0.15) is 0 Å². The van der Waals surface area contributed by atoms with Gasteiger partial charge in [-0.1, -0.05) is 48.8 Å². The van der Waals surface area contributed by atoms with Crippen LogP contribution in [0.3, 0.4) is 0 Å². The van der Waals surface area contributed by atoms with Crippen LogP contribution >= 0.6 is 15.9 Å². The zero-order valence-electron chi connectivity index (χ0n) is 17.2. The molecule has 3 N–H and O–H groups in total. The van der Waals surface area contributed by atoms with Gasteiger partial charge in [-0.25, -0.2) is 13.1 Å². The van der Waals surface area contributed by atoms with Gasteiger partial charge >= 0.3 is 0 Å². The summed E-state index contributed by atoms with van der Waals surface area (Å²) in [5, 5.41) is 5.12. The third-order valence-electron chi connectivity index (χ3n) is 4.25. The second kappa shape index (κ2) is 10.2. The smallest absolute Gasteiger partial charge is 0.243 e. The summed E-state index contributed by atoms with van der Waals surface area (Å²) in [5.41, 5.74) is 1.57. The zero-order chi connectivity index (χ0) is 22.4. The second-order valence-electron chi connectivity index (χ2n) is 7.75. The molecule has 0 aliphatic heterocycles. The van der Waals surface area contributed by atoms with E-state index in [0.717, 1.165) is 10.0 Å². The van der Waals surface area contributed by atoms with E-state index in [0.29, 0.717) is 5.69 Å². The van der Waals surface area contributed by atoms with Crippen LogP contribution in [-0.2, 0) is 25.0 Å². The molecule has 0 saturated heterocycles. The quantitative estimate of drug-likeness (QED) is 0.522. The molecular formula is C21H26BrN3O4S. The molecule has 0 radical (unpaired) electrons. The number of halogens is 1. The number of carbonyl (C=O) groups excluding carboxylic acids is 2. The highest BCUT2D eigenvalue weighted by Crippen LogP contribution is 2.23. The molecule has 0 aliphatic carbocycles. The minimum atomic E-state index is -3.71. The monoisotopic (exact) mass is 495 g/mol. The van der Waals surface area contributed by atoms with Crippen LogP contribution in [0, 0.1) is 0 Å². The van der Waals surface area contributed by atoms with Crippen LogP contribution in [0.5, 0.6) is 0 Å². The largest absolute Gasteiger partial charge is 0.347 e. The maximum absolute atomic E-state index is 12.4. The normalized spacial score (nSPS) is 11.7. The number of hydrogen-bond donors (Lipinski definition) is 3. The van der Waals surface area contributed by atoms with Crippen LogP contribution in [0.2, 0.25) is 0 Å². The van der Waals surface area contributed by atoms with Crippen molar-refractivity contribution >= 4 is 43.5 Å². The van der Waals surface area contributed by atoms with E-state index < -0.39 is 15.9 Å². The van der Waals surface area contributed by atoms with E-state index >= 15 is 0 Å². The molecule has 9 heteroatoms. The van der Waals surface area contributed by atoms with Gasteiger partial charge in [0, 0.05) is 23.1 Å². The molecule has 0 spiro atoms. The van der Waals surface area contributed by atoms with E-state index in [9.17, 15) is 18.0 Å². The molecule has 7 nitrogen and oxygen atoms in total. The lowest BCUT2D eigenvalue weighted by Gasteiger charge is -2.19. The van der Waals surface area contributed by atoms with E-state index in [2.05, 4.69) is 31.3 Å². The molecular weight excluding hydrogens is 470 g/mol. The molecule has 2 aromatic rings. The molecule has 0 saturated carbocycles. The fraction of sp³-hybridized carbons (Fsp3) is 0.333. The highest BCUT2D eigenvalue weighted by molar-refractivity contribution is 9.10. The van der Waals surface area contributed by atoms with Crippen LogP contribution in [0.25, 0.3) is 0 Å². The first-order valence-electron chi connectivity index (χ1n) is 9.40. The number of carbonyl (C=O) groups is 2. The molecule has 0 unspecified atom stereocenters. The van der Waals surface area contributed by atoms with Gasteiger partial charge in [-0.3, -0.25) is 9.59 Å². The van der Waals surface area contributed by atoms with Crippen molar-refractivity contribution in [3.63, 3.8) is 0 Å². The van der Waals surface area contributed by atoms with E-state index in [1.165, 1.54) is 0 Å². The average Bonchev–Trinajstić information content (AvgIpc) is 2.67. The molecule has 2 rings (SSSR count). The van der Waals surface area contributed by atoms with Gasteiger partial charge < -0.3 is 10.6 Å². The first-order chi connectivity index (χ1) is 14.0. The second-order valence-corrected chi connectivity index (χ2v) is 10.4.